The highest BCUT2D eigenvalue weighted by Gasteiger charge is 2.39. The molecule has 2 heterocycles. The van der Waals surface area contributed by atoms with Gasteiger partial charge in [-0.1, -0.05) is 31.0 Å². The number of nitrogens with one attached hydrogen (secondary N) is 1. The molecule has 0 unspecified atom stereocenters. The molecule has 0 bridgehead atoms. The molecule has 1 amide bonds. The monoisotopic (exact) mass is 385 g/mol. The van der Waals surface area contributed by atoms with Gasteiger partial charge in [0.25, 0.3) is 11.5 Å². The van der Waals surface area contributed by atoms with Crippen LogP contribution in [-0.4, -0.2) is 15.5 Å². The second-order valence-electron chi connectivity index (χ2n) is 7.12. The van der Waals surface area contributed by atoms with Gasteiger partial charge in [-0.3, -0.25) is 9.59 Å². The van der Waals surface area contributed by atoms with Crippen LogP contribution in [0.4, 0.5) is 4.39 Å². The second-order valence-corrected chi connectivity index (χ2v) is 8.12. The lowest BCUT2D eigenvalue weighted by Gasteiger charge is -2.31. The number of hydrogen-bond acceptors (Lipinski definition) is 4. The number of carbonyl (C=O) groups excluding carboxylic acids is 1. The van der Waals surface area contributed by atoms with Crippen LogP contribution in [0.1, 0.15) is 46.5 Å². The Morgan fingerprint density at radius 3 is 2.70 bits per heavy atom. The van der Waals surface area contributed by atoms with Gasteiger partial charge in [0.2, 0.25) is 0 Å². The summed E-state index contributed by atoms with van der Waals surface area (Å²) in [5.41, 5.74) is 0.285. The Labute approximate surface area is 159 Å². The molecule has 1 saturated carbocycles. The summed E-state index contributed by atoms with van der Waals surface area (Å²) >= 11 is 1.21. The van der Waals surface area contributed by atoms with Crippen LogP contribution in [0.3, 0.4) is 0 Å². The van der Waals surface area contributed by atoms with Crippen LogP contribution in [0.2, 0.25) is 0 Å². The largest absolute Gasteiger partial charge is 0.342 e. The zero-order valence-electron chi connectivity index (χ0n) is 15.2. The first-order chi connectivity index (χ1) is 12.9. The Morgan fingerprint density at radius 1 is 1.30 bits per heavy atom. The molecule has 0 spiro atoms. The van der Waals surface area contributed by atoms with Crippen molar-refractivity contribution < 1.29 is 9.18 Å². The minimum absolute atomic E-state index is 0.169. The Morgan fingerprint density at radius 2 is 2.00 bits per heavy atom. The Hall–Kier alpha value is -2.54. The van der Waals surface area contributed by atoms with Gasteiger partial charge >= 0.3 is 0 Å². The molecule has 0 aliphatic heterocycles. The number of hydrogen-bond donors (Lipinski definition) is 1. The molecule has 1 N–H and O–H groups in total. The van der Waals surface area contributed by atoms with Crippen molar-refractivity contribution >= 4 is 27.5 Å². The summed E-state index contributed by atoms with van der Waals surface area (Å²) < 4.78 is 15.9. The highest BCUT2D eigenvalue weighted by Crippen LogP contribution is 2.40. The van der Waals surface area contributed by atoms with Crippen LogP contribution >= 0.6 is 11.3 Å². The van der Waals surface area contributed by atoms with Crippen molar-refractivity contribution in [2.24, 2.45) is 7.05 Å². The third-order valence-corrected chi connectivity index (χ3v) is 6.61. The van der Waals surface area contributed by atoms with E-state index in [1.54, 1.807) is 32.2 Å². The minimum atomic E-state index is -0.705. The summed E-state index contributed by atoms with van der Waals surface area (Å²) in [4.78, 5) is 30.8. The van der Waals surface area contributed by atoms with E-state index in [-0.39, 0.29) is 17.3 Å². The first kappa shape index (κ1) is 17.9. The van der Waals surface area contributed by atoms with Crippen molar-refractivity contribution in [1.82, 2.24) is 14.9 Å². The summed E-state index contributed by atoms with van der Waals surface area (Å²) in [5.74, 6) is -0.578. The number of aryl methyl sites for hydroxylation is 2. The summed E-state index contributed by atoms with van der Waals surface area (Å²) in [5, 5.41) is 3.57. The lowest BCUT2D eigenvalue weighted by Crippen LogP contribution is -2.44. The molecule has 140 valence electrons. The topological polar surface area (TPSA) is 64.0 Å². The Kier molecular flexibility index (Phi) is 4.34. The van der Waals surface area contributed by atoms with Gasteiger partial charge in [0.15, 0.2) is 0 Å². The third kappa shape index (κ3) is 2.86. The van der Waals surface area contributed by atoms with Gasteiger partial charge in [0.1, 0.15) is 10.6 Å². The zero-order valence-corrected chi connectivity index (χ0v) is 16.0. The number of rotatable bonds is 3. The van der Waals surface area contributed by atoms with Crippen LogP contribution in [0.25, 0.3) is 10.2 Å². The Balaban J connectivity index is 1.76. The molecular weight excluding hydrogens is 365 g/mol. The maximum atomic E-state index is 14.5. The van der Waals surface area contributed by atoms with Crippen LogP contribution in [0.5, 0.6) is 0 Å². The Bertz CT molecular complexity index is 1100. The number of nitrogens with zero attached hydrogens (tertiary/aromatic N) is 2. The number of fused-ring (bicyclic) bond motifs is 1. The molecule has 27 heavy (non-hydrogen) atoms. The zero-order chi connectivity index (χ0) is 19.2. The summed E-state index contributed by atoms with van der Waals surface area (Å²) in [6.07, 6.45) is 4.72. The van der Waals surface area contributed by atoms with E-state index in [2.05, 4.69) is 10.3 Å². The van der Waals surface area contributed by atoms with Crippen molar-refractivity contribution in [2.45, 2.75) is 38.1 Å². The molecule has 0 radical (unpaired) electrons. The fraction of sp³-hybridized carbons (Fsp3) is 0.350. The maximum Gasteiger partial charge on any atom is 0.262 e. The van der Waals surface area contributed by atoms with Gasteiger partial charge in [-0.25, -0.2) is 9.37 Å². The standard InChI is InChI=1S/C20H20FN3O2S/c1-12-15-18(22-11-24(2)19(15)26)27-16(12)17(25)23-20(9-5-6-10-20)13-7-3-4-8-14(13)21/h3-4,7-8,11H,5-6,9-10H2,1-2H3,(H,23,25). The third-order valence-electron chi connectivity index (χ3n) is 5.42. The average molecular weight is 385 g/mol. The number of amides is 1. The maximum absolute atomic E-state index is 14.5. The molecule has 2 aromatic heterocycles. The smallest absolute Gasteiger partial charge is 0.262 e. The van der Waals surface area contributed by atoms with Gasteiger partial charge in [-0.05, 0) is 31.4 Å². The molecule has 1 aliphatic rings. The van der Waals surface area contributed by atoms with E-state index in [1.165, 1.54) is 28.3 Å². The van der Waals surface area contributed by atoms with Crippen molar-refractivity contribution in [1.29, 1.82) is 0 Å². The first-order valence-electron chi connectivity index (χ1n) is 8.95. The highest BCUT2D eigenvalue weighted by molar-refractivity contribution is 7.20. The van der Waals surface area contributed by atoms with E-state index in [1.807, 2.05) is 0 Å². The van der Waals surface area contributed by atoms with E-state index in [4.69, 9.17) is 0 Å². The molecule has 7 heteroatoms. The van der Waals surface area contributed by atoms with Crippen LogP contribution < -0.4 is 10.9 Å². The molecule has 5 nitrogen and oxygen atoms in total. The minimum Gasteiger partial charge on any atom is -0.342 e. The molecule has 1 aliphatic carbocycles. The van der Waals surface area contributed by atoms with Crippen LogP contribution in [-0.2, 0) is 12.6 Å². The van der Waals surface area contributed by atoms with E-state index in [0.717, 1.165) is 12.8 Å². The molecule has 1 aromatic carbocycles. The summed E-state index contributed by atoms with van der Waals surface area (Å²) in [6.45, 7) is 1.77. The van der Waals surface area contributed by atoms with Crippen molar-refractivity contribution in [2.75, 3.05) is 0 Å². The number of carbonyl (C=O) groups is 1. The predicted octanol–water partition coefficient (Wildman–Crippen LogP) is 3.64. The summed E-state index contributed by atoms with van der Waals surface area (Å²) in [7, 11) is 1.64. The van der Waals surface area contributed by atoms with E-state index >= 15 is 0 Å². The number of thiophene rings is 1. The average Bonchev–Trinajstić information content (AvgIpc) is 3.24. The van der Waals surface area contributed by atoms with E-state index < -0.39 is 5.54 Å². The number of aromatic nitrogens is 2. The molecule has 3 aromatic rings. The van der Waals surface area contributed by atoms with Crippen molar-refractivity contribution in [3.63, 3.8) is 0 Å². The predicted molar refractivity (Wildman–Crippen MR) is 104 cm³/mol. The quantitative estimate of drug-likeness (QED) is 0.749. The molecule has 0 atom stereocenters. The molecule has 0 saturated heterocycles. The van der Waals surface area contributed by atoms with Crippen molar-refractivity contribution in [3.05, 3.63) is 62.8 Å². The van der Waals surface area contributed by atoms with Crippen molar-refractivity contribution in [3.8, 4) is 0 Å². The van der Waals surface area contributed by atoms with Gasteiger partial charge < -0.3 is 9.88 Å². The fourth-order valence-electron chi connectivity index (χ4n) is 3.99. The van der Waals surface area contributed by atoms with E-state index in [9.17, 15) is 14.0 Å². The first-order valence-corrected chi connectivity index (χ1v) is 9.77. The van der Waals surface area contributed by atoms with Crippen LogP contribution in [0.15, 0.2) is 35.4 Å². The van der Waals surface area contributed by atoms with Gasteiger partial charge in [0.05, 0.1) is 22.1 Å². The van der Waals surface area contributed by atoms with Gasteiger partial charge in [-0.15, -0.1) is 11.3 Å². The molecule has 4 rings (SSSR count). The van der Waals surface area contributed by atoms with Crippen LogP contribution in [0, 0.1) is 12.7 Å². The van der Waals surface area contributed by atoms with Gasteiger partial charge in [0, 0.05) is 12.6 Å². The lowest BCUT2D eigenvalue weighted by molar-refractivity contribution is 0.0900. The normalized spacial score (nSPS) is 16.0. The molecular formula is C20H20FN3O2S. The lowest BCUT2D eigenvalue weighted by atomic mass is 9.87. The SMILES string of the molecule is Cc1c(C(=O)NC2(c3ccccc3F)CCCC2)sc2ncn(C)c(=O)c12. The second kappa shape index (κ2) is 6.56. The van der Waals surface area contributed by atoms with E-state index in [0.29, 0.717) is 39.1 Å². The highest BCUT2D eigenvalue weighted by atomic mass is 32.1. The molecule has 1 fully saturated rings. The van der Waals surface area contributed by atoms with Gasteiger partial charge in [-0.2, -0.15) is 0 Å². The number of halogens is 1. The fourth-order valence-corrected chi connectivity index (χ4v) is 5.02. The number of benzene rings is 1. The summed E-state index contributed by atoms with van der Waals surface area (Å²) in [6, 6.07) is 6.62.